The number of para-hydroxylation sites is 1. The summed E-state index contributed by atoms with van der Waals surface area (Å²) < 4.78 is 24.8. The molecule has 0 bridgehead atoms. The van der Waals surface area contributed by atoms with E-state index < -0.39 is 10.0 Å². The molecule has 0 unspecified atom stereocenters. The van der Waals surface area contributed by atoms with Crippen molar-refractivity contribution in [2.24, 2.45) is 0 Å². The number of benzene rings is 2. The first-order valence-corrected chi connectivity index (χ1v) is 12.8. The molecule has 0 radical (unpaired) electrons. The second-order valence-electron chi connectivity index (χ2n) is 7.36. The van der Waals surface area contributed by atoms with Crippen LogP contribution in [0.2, 0.25) is 0 Å². The summed E-state index contributed by atoms with van der Waals surface area (Å²) in [5.41, 5.74) is 2.66. The number of sulfonamides is 1. The van der Waals surface area contributed by atoms with Crippen LogP contribution < -0.4 is 10.2 Å². The number of piperazine rings is 1. The fourth-order valence-electron chi connectivity index (χ4n) is 3.57. The Bertz CT molecular complexity index is 1170. The molecule has 1 fully saturated rings. The fraction of sp³-hybridized carbons (Fsp3) is 0.273. The molecule has 162 valence electrons. The maximum atomic E-state index is 12.4. The Morgan fingerprint density at radius 1 is 1.03 bits per heavy atom. The molecule has 0 atom stereocenters. The van der Waals surface area contributed by atoms with E-state index in [0.29, 0.717) is 31.9 Å². The Morgan fingerprint density at radius 3 is 2.45 bits per heavy atom. The Kier molecular flexibility index (Phi) is 6.45. The highest BCUT2D eigenvalue weighted by molar-refractivity contribution is 8.00. The van der Waals surface area contributed by atoms with Gasteiger partial charge >= 0.3 is 0 Å². The number of anilines is 2. The third-order valence-corrected chi connectivity index (χ3v) is 7.53. The molecule has 31 heavy (non-hydrogen) atoms. The molecule has 0 spiro atoms. The molecule has 1 saturated heterocycles. The van der Waals surface area contributed by atoms with Crippen molar-refractivity contribution in [1.29, 1.82) is 0 Å². The van der Waals surface area contributed by atoms with Gasteiger partial charge in [0, 0.05) is 54.0 Å². The summed E-state index contributed by atoms with van der Waals surface area (Å²) in [6.07, 6.45) is 3.00. The number of carbonyl (C=O) groups is 1. The van der Waals surface area contributed by atoms with Crippen LogP contribution in [0.1, 0.15) is 0 Å². The van der Waals surface area contributed by atoms with Gasteiger partial charge in [0.2, 0.25) is 15.9 Å². The number of rotatable bonds is 6. The van der Waals surface area contributed by atoms with Gasteiger partial charge in [0.15, 0.2) is 0 Å². The number of amides is 1. The zero-order valence-corrected chi connectivity index (χ0v) is 18.8. The third kappa shape index (κ3) is 5.36. The van der Waals surface area contributed by atoms with Gasteiger partial charge in [-0.2, -0.15) is 4.31 Å². The van der Waals surface area contributed by atoms with Crippen LogP contribution in [0.25, 0.3) is 10.9 Å². The first kappa shape index (κ1) is 21.6. The third-order valence-electron chi connectivity index (χ3n) is 5.18. The quantitative estimate of drug-likeness (QED) is 0.574. The second kappa shape index (κ2) is 9.25. The van der Waals surface area contributed by atoms with Gasteiger partial charge in [-0.1, -0.05) is 18.2 Å². The molecule has 7 nitrogen and oxygen atoms in total. The van der Waals surface area contributed by atoms with E-state index in [0.717, 1.165) is 27.2 Å². The van der Waals surface area contributed by atoms with Crippen molar-refractivity contribution in [3.8, 4) is 0 Å². The average molecular weight is 457 g/mol. The summed E-state index contributed by atoms with van der Waals surface area (Å²) in [4.78, 5) is 20.0. The minimum Gasteiger partial charge on any atom is -0.369 e. The predicted molar refractivity (Wildman–Crippen MR) is 126 cm³/mol. The average Bonchev–Trinajstić information content (AvgIpc) is 2.78. The van der Waals surface area contributed by atoms with Gasteiger partial charge in [0.1, 0.15) is 0 Å². The van der Waals surface area contributed by atoms with E-state index in [2.05, 4.69) is 15.2 Å². The van der Waals surface area contributed by atoms with E-state index in [4.69, 9.17) is 0 Å². The number of aromatic nitrogens is 1. The van der Waals surface area contributed by atoms with Crippen LogP contribution in [-0.4, -0.2) is 61.8 Å². The first-order chi connectivity index (χ1) is 14.9. The van der Waals surface area contributed by atoms with Crippen molar-refractivity contribution in [1.82, 2.24) is 9.29 Å². The number of thioether (sulfide) groups is 1. The largest absolute Gasteiger partial charge is 0.369 e. The standard InChI is InChI=1S/C22H24N4O3S2/c1-31(28,29)26-14-12-25(13-15-26)19-9-7-18(8-10-19)24-21(27)16-30-20-6-2-4-17-5-3-11-23-22(17)20/h2-11H,12-16H2,1H3,(H,24,27). The van der Waals surface area contributed by atoms with Crippen LogP contribution in [0.5, 0.6) is 0 Å². The smallest absolute Gasteiger partial charge is 0.234 e. The lowest BCUT2D eigenvalue weighted by atomic mass is 10.2. The van der Waals surface area contributed by atoms with E-state index in [1.165, 1.54) is 22.3 Å². The maximum Gasteiger partial charge on any atom is 0.234 e. The number of nitrogens with one attached hydrogen (secondary N) is 1. The zero-order valence-electron chi connectivity index (χ0n) is 17.2. The molecular formula is C22H24N4O3S2. The molecule has 4 rings (SSSR count). The topological polar surface area (TPSA) is 82.6 Å². The second-order valence-corrected chi connectivity index (χ2v) is 10.4. The van der Waals surface area contributed by atoms with Gasteiger partial charge in [-0.3, -0.25) is 9.78 Å². The Balaban J connectivity index is 1.31. The van der Waals surface area contributed by atoms with Gasteiger partial charge < -0.3 is 10.2 Å². The van der Waals surface area contributed by atoms with Crippen molar-refractivity contribution in [2.45, 2.75) is 4.90 Å². The van der Waals surface area contributed by atoms with Gasteiger partial charge in [-0.05, 0) is 36.4 Å². The summed E-state index contributed by atoms with van der Waals surface area (Å²) in [6.45, 7) is 2.26. The molecule has 1 N–H and O–H groups in total. The minimum absolute atomic E-state index is 0.0764. The van der Waals surface area contributed by atoms with Crippen LogP contribution in [0.3, 0.4) is 0 Å². The van der Waals surface area contributed by atoms with Crippen molar-refractivity contribution in [2.75, 3.05) is 48.4 Å². The molecule has 0 saturated carbocycles. The lowest BCUT2D eigenvalue weighted by Crippen LogP contribution is -2.48. The monoisotopic (exact) mass is 456 g/mol. The van der Waals surface area contributed by atoms with Crippen LogP contribution in [0, 0.1) is 0 Å². The van der Waals surface area contributed by atoms with Crippen LogP contribution >= 0.6 is 11.8 Å². The normalized spacial score (nSPS) is 15.2. The van der Waals surface area contributed by atoms with E-state index in [1.54, 1.807) is 6.20 Å². The van der Waals surface area contributed by atoms with Gasteiger partial charge in [0.25, 0.3) is 0 Å². The van der Waals surface area contributed by atoms with E-state index in [9.17, 15) is 13.2 Å². The number of hydrogen-bond acceptors (Lipinski definition) is 6. The van der Waals surface area contributed by atoms with Crippen molar-refractivity contribution < 1.29 is 13.2 Å². The van der Waals surface area contributed by atoms with Crippen LogP contribution in [0.4, 0.5) is 11.4 Å². The molecule has 3 aromatic rings. The maximum absolute atomic E-state index is 12.4. The molecule has 9 heteroatoms. The summed E-state index contributed by atoms with van der Waals surface area (Å²) in [5.74, 6) is 0.220. The number of carbonyl (C=O) groups excluding carboxylic acids is 1. The van der Waals surface area contributed by atoms with Crippen molar-refractivity contribution in [3.63, 3.8) is 0 Å². The van der Waals surface area contributed by atoms with Crippen LogP contribution in [0.15, 0.2) is 65.7 Å². The summed E-state index contributed by atoms with van der Waals surface area (Å²) in [7, 11) is -3.14. The van der Waals surface area contributed by atoms with E-state index in [-0.39, 0.29) is 5.91 Å². The Labute approximate surface area is 186 Å². The van der Waals surface area contributed by atoms with Crippen molar-refractivity contribution >= 4 is 50.0 Å². The van der Waals surface area contributed by atoms with Gasteiger partial charge in [-0.15, -0.1) is 11.8 Å². The molecule has 1 amide bonds. The number of fused-ring (bicyclic) bond motifs is 1. The van der Waals surface area contributed by atoms with Crippen molar-refractivity contribution in [3.05, 3.63) is 60.8 Å². The van der Waals surface area contributed by atoms with Crippen LogP contribution in [-0.2, 0) is 14.8 Å². The Hall–Kier alpha value is -2.62. The van der Waals surface area contributed by atoms with E-state index in [1.807, 2.05) is 54.6 Å². The number of nitrogens with zero attached hydrogens (tertiary/aromatic N) is 3. The summed E-state index contributed by atoms with van der Waals surface area (Å²) >= 11 is 1.47. The molecule has 0 aliphatic carbocycles. The molecule has 2 aromatic carbocycles. The van der Waals surface area contributed by atoms with E-state index >= 15 is 0 Å². The molecule has 1 aromatic heterocycles. The first-order valence-electron chi connectivity index (χ1n) is 9.97. The fourth-order valence-corrected chi connectivity index (χ4v) is 5.23. The SMILES string of the molecule is CS(=O)(=O)N1CCN(c2ccc(NC(=O)CSc3cccc4cccnc34)cc2)CC1. The number of hydrogen-bond donors (Lipinski definition) is 1. The molecule has 1 aliphatic rings. The summed E-state index contributed by atoms with van der Waals surface area (Å²) in [6, 6.07) is 17.5. The lowest BCUT2D eigenvalue weighted by Gasteiger charge is -2.34. The highest BCUT2D eigenvalue weighted by atomic mass is 32.2. The van der Waals surface area contributed by atoms with Gasteiger partial charge in [0.05, 0.1) is 17.5 Å². The number of pyridine rings is 1. The Morgan fingerprint density at radius 2 is 1.74 bits per heavy atom. The van der Waals surface area contributed by atoms with Gasteiger partial charge in [-0.25, -0.2) is 8.42 Å². The molecule has 2 heterocycles. The zero-order chi connectivity index (χ0) is 21.8. The summed E-state index contributed by atoms with van der Waals surface area (Å²) in [5, 5.41) is 3.99. The highest BCUT2D eigenvalue weighted by Gasteiger charge is 2.23. The highest BCUT2D eigenvalue weighted by Crippen LogP contribution is 2.26. The lowest BCUT2D eigenvalue weighted by molar-refractivity contribution is -0.113. The molecular weight excluding hydrogens is 432 g/mol. The predicted octanol–water partition coefficient (Wildman–Crippen LogP) is 3.05. The minimum atomic E-state index is -3.14. The molecule has 1 aliphatic heterocycles.